The molecule has 4 N–H and O–H groups in total. The number of aryl methyl sites for hydroxylation is 1. The fourth-order valence-electron chi connectivity index (χ4n) is 3.17. The summed E-state index contributed by atoms with van der Waals surface area (Å²) in [6.07, 6.45) is 2.63. The fraction of sp³-hybridized carbons (Fsp3) is 0.222. The molecular weight excluding hydrogens is 518 g/mol. The number of carbonyl (C=O) groups excluding carboxylic acids is 2. The Labute approximate surface area is 209 Å². The van der Waals surface area contributed by atoms with E-state index >= 15 is 0 Å². The van der Waals surface area contributed by atoms with Crippen LogP contribution in [0.1, 0.15) is 5.69 Å². The van der Waals surface area contributed by atoms with Crippen LogP contribution in [-0.4, -0.2) is 75.9 Å². The van der Waals surface area contributed by atoms with E-state index in [4.69, 9.17) is 10.6 Å². The number of nitrogens with two attached hydrogens (primary N) is 1. The number of nitrogens with zero attached hydrogens (tertiary/aromatic N) is 7. The second-order valence-corrected chi connectivity index (χ2v) is 9.70. The van der Waals surface area contributed by atoms with Crippen LogP contribution >= 0.6 is 34.9 Å². The second kappa shape index (κ2) is 10.3. The van der Waals surface area contributed by atoms with Gasteiger partial charge in [-0.1, -0.05) is 23.5 Å². The zero-order chi connectivity index (χ0) is 25.1. The van der Waals surface area contributed by atoms with Crippen LogP contribution in [0.5, 0.6) is 0 Å². The van der Waals surface area contributed by atoms with Gasteiger partial charge in [0.15, 0.2) is 10.8 Å². The number of hydrogen-bond donors (Lipinski definition) is 3. The Kier molecular flexibility index (Phi) is 7.17. The number of thioether (sulfide) groups is 2. The molecule has 2 aliphatic rings. The second-order valence-electron chi connectivity index (χ2n) is 6.83. The number of β-lactam (4-membered cyclic amide) rings is 1. The predicted molar refractivity (Wildman–Crippen MR) is 128 cm³/mol. The Morgan fingerprint density at radius 1 is 1.49 bits per heavy atom. The number of oxime groups is 1. The number of amides is 2. The van der Waals surface area contributed by atoms with Crippen molar-refractivity contribution in [3.8, 4) is 0 Å². The van der Waals surface area contributed by atoms with Crippen molar-refractivity contribution < 1.29 is 24.3 Å². The Morgan fingerprint density at radius 2 is 2.29 bits per heavy atom. The van der Waals surface area contributed by atoms with Gasteiger partial charge in [-0.2, -0.15) is 0 Å². The van der Waals surface area contributed by atoms with Crippen molar-refractivity contribution >= 4 is 63.5 Å². The molecule has 2 aromatic heterocycles. The highest BCUT2D eigenvalue weighted by Crippen LogP contribution is 2.41. The van der Waals surface area contributed by atoms with Crippen LogP contribution in [0.2, 0.25) is 0 Å². The van der Waals surface area contributed by atoms with Crippen LogP contribution in [0.4, 0.5) is 5.13 Å². The van der Waals surface area contributed by atoms with Crippen molar-refractivity contribution in [3.05, 3.63) is 46.7 Å². The summed E-state index contributed by atoms with van der Waals surface area (Å²) in [6.45, 7) is 3.37. The maximum absolute atomic E-state index is 12.9. The average molecular weight is 536 g/mol. The largest absolute Gasteiger partial charge is 0.477 e. The molecule has 182 valence electrons. The highest BCUT2D eigenvalue weighted by Gasteiger charge is 2.54. The molecule has 1 fully saturated rings. The molecule has 0 aromatic carbocycles. The molecule has 4 rings (SSSR count). The van der Waals surface area contributed by atoms with Gasteiger partial charge in [0.05, 0.1) is 0 Å². The van der Waals surface area contributed by atoms with E-state index < -0.39 is 29.2 Å². The van der Waals surface area contributed by atoms with E-state index in [-0.39, 0.29) is 22.2 Å². The number of aliphatic carboxylic acids is 1. The van der Waals surface area contributed by atoms with Crippen LogP contribution in [-0.2, 0) is 26.3 Å². The number of fused-ring (bicyclic) bond motifs is 1. The van der Waals surface area contributed by atoms with Crippen molar-refractivity contribution in [3.63, 3.8) is 0 Å². The molecule has 4 heterocycles. The van der Waals surface area contributed by atoms with Gasteiger partial charge in [0, 0.05) is 18.2 Å². The molecule has 2 unspecified atom stereocenters. The highest BCUT2D eigenvalue weighted by molar-refractivity contribution is 8.02. The Morgan fingerprint density at radius 3 is 2.91 bits per heavy atom. The predicted octanol–water partition coefficient (Wildman–Crippen LogP) is 0.158. The van der Waals surface area contributed by atoms with E-state index in [2.05, 4.69) is 37.6 Å². The third-order valence-electron chi connectivity index (χ3n) is 4.71. The summed E-state index contributed by atoms with van der Waals surface area (Å²) in [5.74, 6) is -2.24. The van der Waals surface area contributed by atoms with Crippen LogP contribution in [0.15, 0.2) is 51.3 Å². The van der Waals surface area contributed by atoms with Crippen molar-refractivity contribution in [1.82, 2.24) is 35.4 Å². The number of anilines is 1. The summed E-state index contributed by atoms with van der Waals surface area (Å²) in [6, 6.07) is -0.962. The van der Waals surface area contributed by atoms with Crippen LogP contribution in [0, 0.1) is 0 Å². The van der Waals surface area contributed by atoms with E-state index in [0.29, 0.717) is 16.5 Å². The van der Waals surface area contributed by atoms with Gasteiger partial charge in [-0.3, -0.25) is 14.5 Å². The number of hydrogen-bond acceptors (Lipinski definition) is 13. The Balaban J connectivity index is 1.50. The molecule has 0 spiro atoms. The summed E-state index contributed by atoms with van der Waals surface area (Å²) in [5, 5.41) is 30.5. The van der Waals surface area contributed by atoms with Gasteiger partial charge in [0.1, 0.15) is 29.1 Å². The minimum Gasteiger partial charge on any atom is -0.477 e. The number of rotatable bonds is 9. The topological polar surface area (TPSA) is 191 Å². The summed E-state index contributed by atoms with van der Waals surface area (Å²) in [5.41, 5.74) is 5.91. The van der Waals surface area contributed by atoms with Gasteiger partial charge in [0.2, 0.25) is 5.16 Å². The maximum Gasteiger partial charge on any atom is 0.352 e. The maximum atomic E-state index is 12.9. The summed E-state index contributed by atoms with van der Waals surface area (Å²) >= 11 is 3.63. The molecular formula is C18H17N9O5S3. The first-order valence-corrected chi connectivity index (χ1v) is 12.5. The number of nitrogen functional groups attached to an aromatic ring is 1. The van der Waals surface area contributed by atoms with Crippen LogP contribution in [0.3, 0.4) is 0 Å². The first-order valence-electron chi connectivity index (χ1n) is 9.65. The molecule has 2 atom stereocenters. The highest BCUT2D eigenvalue weighted by atomic mass is 32.2. The fourth-order valence-corrected chi connectivity index (χ4v) is 5.66. The normalized spacial score (nSPS) is 20.0. The molecule has 0 bridgehead atoms. The van der Waals surface area contributed by atoms with Gasteiger partial charge in [-0.25, -0.2) is 14.5 Å². The van der Waals surface area contributed by atoms with Crippen molar-refractivity contribution in [1.29, 1.82) is 0 Å². The number of allylic oxidation sites excluding steroid dienone is 1. The van der Waals surface area contributed by atoms with Crippen LogP contribution < -0.4 is 11.1 Å². The molecule has 2 aliphatic heterocycles. The van der Waals surface area contributed by atoms with E-state index in [1.165, 1.54) is 33.6 Å². The molecule has 2 aromatic rings. The van der Waals surface area contributed by atoms with E-state index in [0.717, 1.165) is 22.5 Å². The molecule has 0 saturated carbocycles. The van der Waals surface area contributed by atoms with E-state index in [1.807, 2.05) is 0 Å². The summed E-state index contributed by atoms with van der Waals surface area (Å²) in [7, 11) is 1.68. The van der Waals surface area contributed by atoms with Crippen molar-refractivity contribution in [2.45, 2.75) is 16.6 Å². The zero-order valence-electron chi connectivity index (χ0n) is 17.9. The summed E-state index contributed by atoms with van der Waals surface area (Å²) < 4.78 is 1.47. The number of tetrazole rings is 1. The standard InChI is InChI=1S/C18H17N9O5S3/c1-3-32-23-10(9-7-35-17(19)20-9)13(28)21-11-14(29)27-12(16(30)31)8(6-34-15(11)27)4-5-33-18-22-24-25-26(18)2/h3-5,7,11,15H,1,6H2,2H3,(H2,19,20)(H,21,28)(H,30,31). The lowest BCUT2D eigenvalue weighted by Gasteiger charge is -2.49. The third-order valence-corrected chi connectivity index (χ3v) is 7.51. The molecule has 17 heteroatoms. The lowest BCUT2D eigenvalue weighted by Crippen LogP contribution is -2.71. The molecule has 35 heavy (non-hydrogen) atoms. The number of carboxylic acid groups (broad SMARTS) is 1. The number of nitrogens with one attached hydrogen (secondary N) is 1. The first-order chi connectivity index (χ1) is 16.8. The molecule has 2 amide bonds. The van der Waals surface area contributed by atoms with Gasteiger partial charge < -0.3 is 21.0 Å². The average Bonchev–Trinajstić information content (AvgIpc) is 3.44. The zero-order valence-corrected chi connectivity index (χ0v) is 20.3. The van der Waals surface area contributed by atoms with Crippen molar-refractivity contribution in [2.75, 3.05) is 11.5 Å². The molecule has 14 nitrogen and oxygen atoms in total. The first kappa shape index (κ1) is 24.4. The smallest absolute Gasteiger partial charge is 0.352 e. The Bertz CT molecular complexity index is 1280. The van der Waals surface area contributed by atoms with Crippen molar-refractivity contribution in [2.24, 2.45) is 12.2 Å². The molecule has 0 aliphatic carbocycles. The number of carbonyl (C=O) groups is 3. The molecule has 0 radical (unpaired) electrons. The van der Waals surface area contributed by atoms with E-state index in [1.54, 1.807) is 18.5 Å². The minimum absolute atomic E-state index is 0.145. The SMILES string of the molecule is C=CON=C(C(=O)NC1C(=O)N2C(C(=O)O)=C(C=CSc3nnnn3C)CSC12)c1csc(N)n1. The van der Waals surface area contributed by atoms with Gasteiger partial charge in [-0.15, -0.1) is 28.2 Å². The summed E-state index contributed by atoms with van der Waals surface area (Å²) in [4.78, 5) is 47.7. The number of thiazole rings is 1. The van der Waals surface area contributed by atoms with Gasteiger partial charge in [0.25, 0.3) is 11.8 Å². The van der Waals surface area contributed by atoms with E-state index in [9.17, 15) is 19.5 Å². The van der Waals surface area contributed by atoms with Gasteiger partial charge >= 0.3 is 5.97 Å². The van der Waals surface area contributed by atoms with Gasteiger partial charge in [-0.05, 0) is 27.5 Å². The number of carboxylic acids is 1. The third kappa shape index (κ3) is 4.91. The Hall–Kier alpha value is -3.70. The lowest BCUT2D eigenvalue weighted by atomic mass is 10.0. The van der Waals surface area contributed by atoms with Crippen LogP contribution in [0.25, 0.3) is 0 Å². The lowest BCUT2D eigenvalue weighted by molar-refractivity contribution is -0.150. The monoisotopic (exact) mass is 535 g/mol. The number of aromatic nitrogens is 5. The quantitative estimate of drug-likeness (QED) is 0.130. The minimum atomic E-state index is -1.25. The molecule has 1 saturated heterocycles.